The average Bonchev–Trinajstić information content (AvgIpc) is 3.62. The molecule has 0 aromatic carbocycles. The first-order valence-electron chi connectivity index (χ1n) is 12.2. The minimum Gasteiger partial charge on any atom is -0.469 e. The molecule has 1 aliphatic heterocycles. The van der Waals surface area contributed by atoms with E-state index in [0.717, 1.165) is 0 Å². The molecule has 1 heterocycles. The van der Waals surface area contributed by atoms with Crippen molar-refractivity contribution in [2.75, 3.05) is 13.7 Å². The molecule has 220 valence electrons. The number of esters is 1. The fraction of sp³-hybridized carbons (Fsp3) is 0.462. The number of hydrogen-bond donors (Lipinski definition) is 6. The molecular formula is C26H35FeN3O10+2. The van der Waals surface area contributed by atoms with E-state index in [1.807, 2.05) is 0 Å². The molecule has 3 aliphatic rings. The first-order valence-corrected chi connectivity index (χ1v) is 12.2. The van der Waals surface area contributed by atoms with E-state index in [1.165, 1.54) is 27.9 Å². The van der Waals surface area contributed by atoms with Crippen molar-refractivity contribution in [1.29, 1.82) is 0 Å². The van der Waals surface area contributed by atoms with Crippen LogP contribution in [0, 0.1) is 63.3 Å². The van der Waals surface area contributed by atoms with E-state index < -0.39 is 67.1 Å². The molecule has 2 saturated carbocycles. The molecule has 3 amide bonds. The van der Waals surface area contributed by atoms with Crippen molar-refractivity contribution in [2.45, 2.75) is 63.6 Å². The molecule has 3 fully saturated rings. The summed E-state index contributed by atoms with van der Waals surface area (Å²) in [6, 6.07) is -1.45. The van der Waals surface area contributed by atoms with E-state index in [2.05, 4.69) is 20.7 Å². The molecular weight excluding hydrogens is 570 g/mol. The van der Waals surface area contributed by atoms with Gasteiger partial charge in [0, 0.05) is 6.92 Å². The number of hydrogen-bond acceptors (Lipinski definition) is 10. The van der Waals surface area contributed by atoms with Crippen LogP contribution in [0.25, 0.3) is 0 Å². The van der Waals surface area contributed by atoms with Gasteiger partial charge < -0.3 is 45.5 Å². The zero-order valence-electron chi connectivity index (χ0n) is 22.4. The van der Waals surface area contributed by atoms with Crippen LogP contribution in [0.3, 0.4) is 0 Å². The predicted molar refractivity (Wildman–Crippen MR) is 135 cm³/mol. The number of methoxy groups -OCH3 is 1. The second-order valence-corrected chi connectivity index (χ2v) is 8.77. The number of ether oxygens (including phenoxy) is 3. The molecule has 0 aromatic rings. The smallest absolute Gasteiger partial charge is 0.469 e. The number of nitrogens with one attached hydrogen (secondary N) is 3. The standard InChI is InChI=1S/C19H28N3O8.C7H7O2.Fe/c1-9(17(26)22-12-6-4-5-7-12)20-18(27)10(2)29-16-14(21-11(3)24)19(28)30-13(8-23)15(16)25;1-9-7(8)6-4-2-3-5-6;/h4-7,9-10,13-16,19,23,25,28H,8H2,1-3H3,(H,20,27)(H,21,24)(H,22,26);2-5H,1H3;/q;;+2/t9-,10+,13+,14+,15+,16+,19?;;/m0../s1. The van der Waals surface area contributed by atoms with Gasteiger partial charge in [-0.25, -0.2) is 0 Å². The van der Waals surface area contributed by atoms with Gasteiger partial charge in [-0.2, -0.15) is 0 Å². The monoisotopic (exact) mass is 605 g/mol. The number of rotatable bonds is 9. The minimum atomic E-state index is -1.57. The van der Waals surface area contributed by atoms with E-state index in [4.69, 9.17) is 9.47 Å². The summed E-state index contributed by atoms with van der Waals surface area (Å²) in [7, 11) is 1.37. The van der Waals surface area contributed by atoms with E-state index in [1.54, 1.807) is 51.4 Å². The van der Waals surface area contributed by atoms with Gasteiger partial charge in [0.15, 0.2) is 6.29 Å². The van der Waals surface area contributed by atoms with Crippen LogP contribution >= 0.6 is 0 Å². The molecule has 7 atom stereocenters. The fourth-order valence-corrected chi connectivity index (χ4v) is 3.66. The van der Waals surface area contributed by atoms with Crippen LogP contribution in [0.5, 0.6) is 0 Å². The second-order valence-electron chi connectivity index (χ2n) is 8.77. The van der Waals surface area contributed by atoms with Crippen LogP contribution in [0.15, 0.2) is 0 Å². The van der Waals surface area contributed by atoms with Crippen LogP contribution in [0.2, 0.25) is 0 Å². The molecule has 10 radical (unpaired) electrons. The summed E-state index contributed by atoms with van der Waals surface area (Å²) in [4.78, 5) is 46.7. The Bertz CT molecular complexity index is 823. The Morgan fingerprint density at radius 3 is 2.10 bits per heavy atom. The van der Waals surface area contributed by atoms with Crippen LogP contribution in [0.4, 0.5) is 0 Å². The predicted octanol–water partition coefficient (Wildman–Crippen LogP) is -2.12. The zero-order chi connectivity index (χ0) is 29.1. The van der Waals surface area contributed by atoms with E-state index in [-0.39, 0.29) is 23.0 Å². The summed E-state index contributed by atoms with van der Waals surface area (Å²) < 4.78 is 15.2. The van der Waals surface area contributed by atoms with E-state index >= 15 is 0 Å². The summed E-state index contributed by atoms with van der Waals surface area (Å²) >= 11 is 0. The van der Waals surface area contributed by atoms with Gasteiger partial charge in [-0.3, -0.25) is 19.2 Å². The van der Waals surface area contributed by atoms with Gasteiger partial charge >= 0.3 is 23.0 Å². The van der Waals surface area contributed by atoms with Gasteiger partial charge in [-0.15, -0.1) is 0 Å². The van der Waals surface area contributed by atoms with Crippen LogP contribution < -0.4 is 16.0 Å². The molecule has 1 unspecified atom stereocenters. The van der Waals surface area contributed by atoms with Crippen molar-refractivity contribution in [1.82, 2.24) is 16.0 Å². The first-order chi connectivity index (χ1) is 18.5. The molecule has 1 saturated heterocycles. The summed E-state index contributed by atoms with van der Waals surface area (Å²) in [5, 5.41) is 37.4. The average molecular weight is 605 g/mol. The maximum absolute atomic E-state index is 12.5. The number of amides is 3. The Morgan fingerprint density at radius 1 is 1.00 bits per heavy atom. The molecule has 0 bridgehead atoms. The molecule has 40 heavy (non-hydrogen) atoms. The van der Waals surface area contributed by atoms with Crippen molar-refractivity contribution in [3.63, 3.8) is 0 Å². The Balaban J connectivity index is 0.000000678. The van der Waals surface area contributed by atoms with Gasteiger partial charge in [0.2, 0.25) is 17.7 Å². The topological polar surface area (TPSA) is 193 Å². The zero-order valence-corrected chi connectivity index (χ0v) is 23.5. The maximum atomic E-state index is 12.5. The maximum Gasteiger partial charge on any atom is 2.00 e. The Labute approximate surface area is 245 Å². The Morgan fingerprint density at radius 2 is 1.57 bits per heavy atom. The number of carbonyl (C=O) groups is 4. The van der Waals surface area contributed by atoms with E-state index in [9.17, 15) is 34.5 Å². The second kappa shape index (κ2) is 17.9. The molecule has 0 aromatic heterocycles. The number of aliphatic hydroxyl groups is 3. The van der Waals surface area contributed by atoms with Crippen LogP contribution in [-0.4, -0.2) is 95.5 Å². The molecule has 14 heteroatoms. The third kappa shape index (κ3) is 10.9. The van der Waals surface area contributed by atoms with Crippen molar-refractivity contribution in [2.24, 2.45) is 0 Å². The van der Waals surface area contributed by atoms with Gasteiger partial charge in [-0.05, 0) is 65.2 Å². The molecule has 6 N–H and O–H groups in total. The van der Waals surface area contributed by atoms with Crippen LogP contribution in [-0.2, 0) is 50.5 Å². The quantitative estimate of drug-likeness (QED) is 0.125. The van der Waals surface area contributed by atoms with Gasteiger partial charge in [0.1, 0.15) is 36.5 Å². The number of carbonyl (C=O) groups excluding carboxylic acids is 4. The SMILES string of the molecule is CC(=O)N[C@H]1C(O)O[C@H](CO)[C@@H](O)[C@@H]1O[C@H](C)C(=O)N[C@@H](C)C(=O)N[C]1[CH][CH][CH][CH]1.COC(=O)[C]1[CH][CH][CH][CH]1.[Fe+2]. The normalized spacial score (nSPS) is 28.2. The molecule has 2 aliphatic carbocycles. The summed E-state index contributed by atoms with van der Waals surface area (Å²) in [5.41, 5.74) is 0. The summed E-state index contributed by atoms with van der Waals surface area (Å²) in [6.07, 6.45) is 7.39. The third-order valence-electron chi connectivity index (χ3n) is 5.74. The van der Waals surface area contributed by atoms with Crippen molar-refractivity contribution < 1.29 is 65.8 Å². The number of aliphatic hydroxyl groups excluding tert-OH is 3. The molecule has 13 nitrogen and oxygen atoms in total. The van der Waals surface area contributed by atoms with Gasteiger partial charge in [0.25, 0.3) is 0 Å². The largest absolute Gasteiger partial charge is 2.00 e. The van der Waals surface area contributed by atoms with E-state index in [0.29, 0.717) is 12.0 Å². The van der Waals surface area contributed by atoms with Gasteiger partial charge in [-0.1, -0.05) is 0 Å². The molecule has 0 spiro atoms. The van der Waals surface area contributed by atoms with Crippen molar-refractivity contribution in [3.8, 4) is 0 Å². The Kier molecular flexibility index (Phi) is 16.2. The fourth-order valence-electron chi connectivity index (χ4n) is 3.66. The summed E-state index contributed by atoms with van der Waals surface area (Å²) in [5.74, 6) is -1.26. The first kappa shape index (κ1) is 36.2. The van der Waals surface area contributed by atoms with Gasteiger partial charge in [0.05, 0.1) is 25.7 Å². The minimum absolute atomic E-state index is 0. The summed E-state index contributed by atoms with van der Waals surface area (Å²) in [6.45, 7) is 3.49. The Hall–Kier alpha value is -1.80. The third-order valence-corrected chi connectivity index (χ3v) is 5.74. The van der Waals surface area contributed by atoms with Crippen LogP contribution in [0.1, 0.15) is 20.8 Å². The molecule has 3 rings (SSSR count). The van der Waals surface area contributed by atoms with Crippen molar-refractivity contribution >= 4 is 23.7 Å². The van der Waals surface area contributed by atoms with Crippen molar-refractivity contribution in [3.05, 3.63) is 63.3 Å².